The van der Waals surface area contributed by atoms with Gasteiger partial charge in [-0.05, 0) is 35.2 Å². The van der Waals surface area contributed by atoms with E-state index in [1.54, 1.807) is 13.4 Å². The van der Waals surface area contributed by atoms with Gasteiger partial charge in [0.25, 0.3) is 0 Å². The van der Waals surface area contributed by atoms with Gasteiger partial charge in [-0.25, -0.2) is 9.97 Å². The van der Waals surface area contributed by atoms with E-state index in [-0.39, 0.29) is 0 Å². The molecule has 0 saturated heterocycles. The normalized spacial score (nSPS) is 10.6. The first-order valence-electron chi connectivity index (χ1n) is 8.70. The topological polar surface area (TPSA) is 59.1 Å². The highest BCUT2D eigenvalue weighted by Crippen LogP contribution is 2.26. The van der Waals surface area contributed by atoms with Gasteiger partial charge in [-0.15, -0.1) is 0 Å². The third kappa shape index (κ3) is 4.51. The number of ether oxygens (including phenoxy) is 1. The van der Waals surface area contributed by atoms with Crippen LogP contribution in [0.15, 0.2) is 60.9 Å². The lowest BCUT2D eigenvalue weighted by molar-refractivity contribution is 0.414. The number of rotatable bonds is 7. The van der Waals surface area contributed by atoms with Crippen molar-refractivity contribution in [1.29, 1.82) is 0 Å². The van der Waals surface area contributed by atoms with Crippen molar-refractivity contribution in [2.45, 2.75) is 26.3 Å². The quantitative estimate of drug-likeness (QED) is 0.632. The molecule has 5 nitrogen and oxygen atoms in total. The van der Waals surface area contributed by atoms with E-state index in [1.165, 1.54) is 5.56 Å². The van der Waals surface area contributed by atoms with Crippen LogP contribution in [-0.4, -0.2) is 17.1 Å². The molecular weight excluding hydrogens is 324 g/mol. The molecule has 1 aromatic heterocycles. The predicted molar refractivity (Wildman–Crippen MR) is 106 cm³/mol. The number of para-hydroxylation sites is 1. The van der Waals surface area contributed by atoms with Crippen molar-refractivity contribution < 1.29 is 4.74 Å². The zero-order valence-electron chi connectivity index (χ0n) is 15.4. The molecule has 0 aliphatic carbocycles. The van der Waals surface area contributed by atoms with Crippen LogP contribution in [0.5, 0.6) is 5.75 Å². The average Bonchev–Trinajstić information content (AvgIpc) is 2.67. The van der Waals surface area contributed by atoms with Crippen molar-refractivity contribution in [2.75, 3.05) is 17.7 Å². The van der Waals surface area contributed by atoms with E-state index < -0.39 is 0 Å². The van der Waals surface area contributed by atoms with Crippen LogP contribution in [0, 0.1) is 0 Å². The summed E-state index contributed by atoms with van der Waals surface area (Å²) in [6.07, 6.45) is 1.57. The van der Waals surface area contributed by atoms with Crippen LogP contribution in [0.1, 0.15) is 30.9 Å². The van der Waals surface area contributed by atoms with Crippen LogP contribution in [0.4, 0.5) is 17.3 Å². The zero-order valence-corrected chi connectivity index (χ0v) is 15.4. The average molecular weight is 348 g/mol. The summed E-state index contributed by atoms with van der Waals surface area (Å²) >= 11 is 0. The van der Waals surface area contributed by atoms with E-state index in [2.05, 4.69) is 52.6 Å². The van der Waals surface area contributed by atoms with E-state index in [0.717, 1.165) is 28.6 Å². The lowest BCUT2D eigenvalue weighted by Crippen LogP contribution is -2.04. The number of hydrogen-bond donors (Lipinski definition) is 2. The van der Waals surface area contributed by atoms with Crippen LogP contribution in [0.3, 0.4) is 0 Å². The van der Waals surface area contributed by atoms with Crippen LogP contribution < -0.4 is 15.4 Å². The molecule has 0 fully saturated rings. The Morgan fingerprint density at radius 1 is 0.962 bits per heavy atom. The van der Waals surface area contributed by atoms with Gasteiger partial charge in [0, 0.05) is 18.3 Å². The summed E-state index contributed by atoms with van der Waals surface area (Å²) < 4.78 is 5.18. The first-order valence-corrected chi connectivity index (χ1v) is 8.70. The summed E-state index contributed by atoms with van der Waals surface area (Å²) in [6, 6.07) is 18.2. The van der Waals surface area contributed by atoms with Gasteiger partial charge in [-0.3, -0.25) is 0 Å². The Hall–Kier alpha value is -3.08. The van der Waals surface area contributed by atoms with Gasteiger partial charge in [-0.1, -0.05) is 44.2 Å². The minimum absolute atomic E-state index is 0.438. The monoisotopic (exact) mass is 348 g/mol. The standard InChI is InChI=1S/C21H24N4O/c1-15(2)18-6-4-5-7-19(18)25-21-12-20(23-14-24-21)22-13-16-8-10-17(26-3)11-9-16/h4-12,14-15H,13H2,1-3H3,(H2,22,23,24,25). The number of hydrogen-bond acceptors (Lipinski definition) is 5. The molecule has 0 aliphatic rings. The highest BCUT2D eigenvalue weighted by atomic mass is 16.5. The molecule has 26 heavy (non-hydrogen) atoms. The zero-order chi connectivity index (χ0) is 18.4. The van der Waals surface area contributed by atoms with Gasteiger partial charge in [0.1, 0.15) is 23.7 Å². The molecule has 134 valence electrons. The maximum absolute atomic E-state index is 5.18. The largest absolute Gasteiger partial charge is 0.497 e. The van der Waals surface area contributed by atoms with Gasteiger partial charge in [0.05, 0.1) is 7.11 Å². The molecule has 5 heteroatoms. The molecule has 0 saturated carbocycles. The van der Waals surface area contributed by atoms with Gasteiger partial charge in [0.15, 0.2) is 0 Å². The molecule has 0 unspecified atom stereocenters. The van der Waals surface area contributed by atoms with Crippen molar-refractivity contribution in [1.82, 2.24) is 9.97 Å². The molecule has 0 spiro atoms. The number of nitrogens with zero attached hydrogens (tertiary/aromatic N) is 2. The fourth-order valence-electron chi connectivity index (χ4n) is 2.71. The molecule has 2 aromatic carbocycles. The Morgan fingerprint density at radius 3 is 2.42 bits per heavy atom. The van der Waals surface area contributed by atoms with E-state index in [1.807, 2.05) is 36.4 Å². The van der Waals surface area contributed by atoms with E-state index >= 15 is 0 Å². The van der Waals surface area contributed by atoms with Crippen molar-refractivity contribution in [2.24, 2.45) is 0 Å². The fraction of sp³-hybridized carbons (Fsp3) is 0.238. The summed E-state index contributed by atoms with van der Waals surface area (Å²) in [5.41, 5.74) is 3.49. The molecule has 3 aromatic rings. The highest BCUT2D eigenvalue weighted by molar-refractivity contribution is 5.63. The van der Waals surface area contributed by atoms with Gasteiger partial charge in [-0.2, -0.15) is 0 Å². The van der Waals surface area contributed by atoms with Crippen molar-refractivity contribution >= 4 is 17.3 Å². The predicted octanol–water partition coefficient (Wildman–Crippen LogP) is 4.96. The Bertz CT molecular complexity index is 847. The highest BCUT2D eigenvalue weighted by Gasteiger charge is 2.07. The Kier molecular flexibility index (Phi) is 5.69. The molecule has 0 radical (unpaired) electrons. The number of anilines is 3. The second kappa shape index (κ2) is 8.34. The fourth-order valence-corrected chi connectivity index (χ4v) is 2.71. The summed E-state index contributed by atoms with van der Waals surface area (Å²) in [7, 11) is 1.67. The van der Waals surface area contributed by atoms with E-state index in [9.17, 15) is 0 Å². The third-order valence-corrected chi connectivity index (χ3v) is 4.15. The molecule has 3 rings (SSSR count). The lowest BCUT2D eigenvalue weighted by atomic mass is 10.0. The minimum atomic E-state index is 0.438. The molecule has 0 atom stereocenters. The maximum atomic E-state index is 5.18. The SMILES string of the molecule is COc1ccc(CNc2cc(Nc3ccccc3C(C)C)ncn2)cc1. The van der Waals surface area contributed by atoms with Crippen LogP contribution >= 0.6 is 0 Å². The Balaban J connectivity index is 1.68. The first kappa shape index (κ1) is 17.7. The van der Waals surface area contributed by atoms with Crippen molar-refractivity contribution in [3.63, 3.8) is 0 Å². The van der Waals surface area contributed by atoms with Crippen molar-refractivity contribution in [3.8, 4) is 5.75 Å². The lowest BCUT2D eigenvalue weighted by Gasteiger charge is -2.14. The molecule has 1 heterocycles. The number of methoxy groups -OCH3 is 1. The first-order chi connectivity index (χ1) is 12.7. The molecule has 0 bridgehead atoms. The second-order valence-corrected chi connectivity index (χ2v) is 6.36. The van der Waals surface area contributed by atoms with E-state index in [0.29, 0.717) is 12.5 Å². The van der Waals surface area contributed by atoms with Gasteiger partial charge >= 0.3 is 0 Å². The smallest absolute Gasteiger partial charge is 0.135 e. The molecule has 0 amide bonds. The van der Waals surface area contributed by atoms with Crippen LogP contribution in [-0.2, 0) is 6.54 Å². The summed E-state index contributed by atoms with van der Waals surface area (Å²) in [4.78, 5) is 8.63. The maximum Gasteiger partial charge on any atom is 0.135 e. The Morgan fingerprint density at radius 2 is 1.69 bits per heavy atom. The number of nitrogens with one attached hydrogen (secondary N) is 2. The Labute approximate surface area is 154 Å². The summed E-state index contributed by atoms with van der Waals surface area (Å²) in [5, 5.41) is 6.73. The van der Waals surface area contributed by atoms with Crippen LogP contribution in [0.25, 0.3) is 0 Å². The summed E-state index contributed by atoms with van der Waals surface area (Å²) in [6.45, 7) is 5.05. The number of aromatic nitrogens is 2. The van der Waals surface area contributed by atoms with Crippen molar-refractivity contribution in [3.05, 3.63) is 72.1 Å². The third-order valence-electron chi connectivity index (χ3n) is 4.15. The molecule has 2 N–H and O–H groups in total. The second-order valence-electron chi connectivity index (χ2n) is 6.36. The van der Waals surface area contributed by atoms with Gasteiger partial charge in [0.2, 0.25) is 0 Å². The van der Waals surface area contributed by atoms with E-state index in [4.69, 9.17) is 4.74 Å². The molecular formula is C21H24N4O. The van der Waals surface area contributed by atoms with Crippen LogP contribution in [0.2, 0.25) is 0 Å². The summed E-state index contributed by atoms with van der Waals surface area (Å²) in [5.74, 6) is 2.84. The van der Waals surface area contributed by atoms with Gasteiger partial charge < -0.3 is 15.4 Å². The minimum Gasteiger partial charge on any atom is -0.497 e. The number of benzene rings is 2. The molecule has 0 aliphatic heterocycles.